The van der Waals surface area contributed by atoms with E-state index in [0.29, 0.717) is 6.42 Å². The SMILES string of the molecule is CCC(C)(O)CNC(=O)n1ccnc1. The molecule has 0 fully saturated rings. The summed E-state index contributed by atoms with van der Waals surface area (Å²) in [5.74, 6) is 0. The van der Waals surface area contributed by atoms with E-state index in [-0.39, 0.29) is 12.6 Å². The average molecular weight is 197 g/mol. The maximum Gasteiger partial charge on any atom is 0.326 e. The van der Waals surface area contributed by atoms with E-state index in [1.165, 1.54) is 17.1 Å². The van der Waals surface area contributed by atoms with E-state index >= 15 is 0 Å². The lowest BCUT2D eigenvalue weighted by Gasteiger charge is -2.21. The topological polar surface area (TPSA) is 67.2 Å². The highest BCUT2D eigenvalue weighted by molar-refractivity contribution is 5.76. The third kappa shape index (κ3) is 2.85. The zero-order chi connectivity index (χ0) is 10.6. The molecule has 5 nitrogen and oxygen atoms in total. The van der Waals surface area contributed by atoms with Gasteiger partial charge in [0.1, 0.15) is 6.33 Å². The normalized spacial score (nSPS) is 14.8. The number of aliphatic hydroxyl groups is 1. The fourth-order valence-corrected chi connectivity index (χ4v) is 0.862. The standard InChI is InChI=1S/C9H15N3O2/c1-3-9(2,14)6-11-8(13)12-5-4-10-7-12/h4-5,7,14H,3,6H2,1-2H3,(H,11,13). The van der Waals surface area contributed by atoms with Crippen LogP contribution in [0.2, 0.25) is 0 Å². The predicted octanol–water partition coefficient (Wildman–Crippen LogP) is 0.602. The molecule has 1 rings (SSSR count). The number of hydrogen-bond donors (Lipinski definition) is 2. The Balaban J connectivity index is 2.43. The first-order valence-corrected chi connectivity index (χ1v) is 4.54. The Morgan fingerprint density at radius 3 is 2.93 bits per heavy atom. The summed E-state index contributed by atoms with van der Waals surface area (Å²) in [5, 5.41) is 12.2. The molecule has 0 bridgehead atoms. The number of imidazole rings is 1. The summed E-state index contributed by atoms with van der Waals surface area (Å²) in [6.07, 6.45) is 5.08. The van der Waals surface area contributed by atoms with Gasteiger partial charge >= 0.3 is 6.03 Å². The largest absolute Gasteiger partial charge is 0.388 e. The molecule has 2 N–H and O–H groups in total. The molecule has 1 heterocycles. The first-order chi connectivity index (χ1) is 6.55. The molecule has 78 valence electrons. The minimum Gasteiger partial charge on any atom is -0.388 e. The summed E-state index contributed by atoms with van der Waals surface area (Å²) in [5.41, 5.74) is -0.851. The Morgan fingerprint density at radius 2 is 2.43 bits per heavy atom. The van der Waals surface area contributed by atoms with Gasteiger partial charge in [-0.2, -0.15) is 0 Å². The van der Waals surface area contributed by atoms with Crippen LogP contribution in [0.5, 0.6) is 0 Å². The van der Waals surface area contributed by atoms with Crippen LogP contribution in [0.15, 0.2) is 18.7 Å². The fourth-order valence-electron chi connectivity index (χ4n) is 0.862. The van der Waals surface area contributed by atoms with Gasteiger partial charge in [-0.3, -0.25) is 4.57 Å². The van der Waals surface area contributed by atoms with Crippen LogP contribution in [-0.4, -0.2) is 32.8 Å². The molecule has 0 saturated heterocycles. The Hall–Kier alpha value is -1.36. The van der Waals surface area contributed by atoms with E-state index in [1.54, 1.807) is 13.1 Å². The minimum absolute atomic E-state index is 0.237. The van der Waals surface area contributed by atoms with E-state index in [0.717, 1.165) is 0 Å². The lowest BCUT2D eigenvalue weighted by Crippen LogP contribution is -2.41. The molecular formula is C9H15N3O2. The van der Waals surface area contributed by atoms with Gasteiger partial charge < -0.3 is 10.4 Å². The van der Waals surface area contributed by atoms with Crippen molar-refractivity contribution < 1.29 is 9.90 Å². The molecule has 1 atom stereocenters. The molecule has 0 aliphatic carbocycles. The summed E-state index contributed by atoms with van der Waals surface area (Å²) < 4.78 is 1.33. The molecule has 1 aromatic rings. The molecule has 0 saturated carbocycles. The smallest absolute Gasteiger partial charge is 0.326 e. The van der Waals surface area contributed by atoms with Crippen molar-refractivity contribution in [2.24, 2.45) is 0 Å². The first-order valence-electron chi connectivity index (χ1n) is 4.54. The van der Waals surface area contributed by atoms with Crippen molar-refractivity contribution in [3.05, 3.63) is 18.7 Å². The van der Waals surface area contributed by atoms with Crippen LogP contribution in [-0.2, 0) is 0 Å². The van der Waals surface area contributed by atoms with Crippen LogP contribution in [0.3, 0.4) is 0 Å². The maximum atomic E-state index is 11.4. The van der Waals surface area contributed by atoms with Crippen molar-refractivity contribution in [3.8, 4) is 0 Å². The molecule has 0 radical (unpaired) electrons. The quantitative estimate of drug-likeness (QED) is 0.745. The van der Waals surface area contributed by atoms with E-state index in [2.05, 4.69) is 10.3 Å². The third-order valence-electron chi connectivity index (χ3n) is 2.12. The van der Waals surface area contributed by atoms with Gasteiger partial charge in [-0.05, 0) is 13.3 Å². The van der Waals surface area contributed by atoms with Crippen LogP contribution in [0.1, 0.15) is 20.3 Å². The van der Waals surface area contributed by atoms with Gasteiger partial charge in [0.2, 0.25) is 0 Å². The van der Waals surface area contributed by atoms with Crippen LogP contribution in [0.4, 0.5) is 4.79 Å². The third-order valence-corrected chi connectivity index (χ3v) is 2.12. The van der Waals surface area contributed by atoms with E-state index in [4.69, 9.17) is 0 Å². The number of amides is 1. The molecule has 1 amide bonds. The fraction of sp³-hybridized carbons (Fsp3) is 0.556. The maximum absolute atomic E-state index is 11.4. The molecule has 14 heavy (non-hydrogen) atoms. The summed E-state index contributed by atoms with van der Waals surface area (Å²) >= 11 is 0. The Morgan fingerprint density at radius 1 is 1.71 bits per heavy atom. The second kappa shape index (κ2) is 4.23. The first kappa shape index (κ1) is 10.7. The van der Waals surface area contributed by atoms with Crippen molar-refractivity contribution in [2.45, 2.75) is 25.9 Å². The summed E-state index contributed by atoms with van der Waals surface area (Å²) in [6, 6.07) is -0.281. The predicted molar refractivity (Wildman–Crippen MR) is 51.9 cm³/mol. The zero-order valence-corrected chi connectivity index (χ0v) is 8.40. The second-order valence-electron chi connectivity index (χ2n) is 3.48. The molecule has 0 aliphatic heterocycles. The number of aromatic nitrogens is 2. The Labute approximate surface area is 82.8 Å². The number of nitrogens with zero attached hydrogens (tertiary/aromatic N) is 2. The zero-order valence-electron chi connectivity index (χ0n) is 8.40. The number of rotatable bonds is 3. The number of nitrogens with one attached hydrogen (secondary N) is 1. The van der Waals surface area contributed by atoms with Crippen LogP contribution < -0.4 is 5.32 Å². The van der Waals surface area contributed by atoms with Gasteiger partial charge in [0.15, 0.2) is 0 Å². The van der Waals surface area contributed by atoms with E-state index in [1.807, 2.05) is 6.92 Å². The highest BCUT2D eigenvalue weighted by Crippen LogP contribution is 2.05. The number of carbonyl (C=O) groups is 1. The molecule has 1 unspecified atom stereocenters. The van der Waals surface area contributed by atoms with Gasteiger partial charge in [0.25, 0.3) is 0 Å². The summed E-state index contributed by atoms with van der Waals surface area (Å²) in [4.78, 5) is 15.1. The summed E-state index contributed by atoms with van der Waals surface area (Å²) in [7, 11) is 0. The van der Waals surface area contributed by atoms with Crippen molar-refractivity contribution in [1.29, 1.82) is 0 Å². The van der Waals surface area contributed by atoms with Gasteiger partial charge in [0.05, 0.1) is 5.60 Å². The van der Waals surface area contributed by atoms with Crippen LogP contribution in [0.25, 0.3) is 0 Å². The molecule has 0 aliphatic rings. The Kier molecular flexibility index (Phi) is 3.24. The van der Waals surface area contributed by atoms with Crippen molar-refractivity contribution in [1.82, 2.24) is 14.9 Å². The number of hydrogen-bond acceptors (Lipinski definition) is 3. The van der Waals surface area contributed by atoms with Gasteiger partial charge in [-0.25, -0.2) is 9.78 Å². The second-order valence-corrected chi connectivity index (χ2v) is 3.48. The van der Waals surface area contributed by atoms with Gasteiger partial charge in [0, 0.05) is 18.9 Å². The number of carbonyl (C=O) groups excluding carboxylic acids is 1. The van der Waals surface area contributed by atoms with Gasteiger partial charge in [-0.1, -0.05) is 6.92 Å². The molecule has 0 spiro atoms. The van der Waals surface area contributed by atoms with Crippen molar-refractivity contribution in [3.63, 3.8) is 0 Å². The molecule has 5 heteroatoms. The van der Waals surface area contributed by atoms with Crippen molar-refractivity contribution in [2.75, 3.05) is 6.54 Å². The average Bonchev–Trinajstić information content (AvgIpc) is 2.67. The highest BCUT2D eigenvalue weighted by Gasteiger charge is 2.18. The highest BCUT2D eigenvalue weighted by atomic mass is 16.3. The van der Waals surface area contributed by atoms with Gasteiger partial charge in [-0.15, -0.1) is 0 Å². The van der Waals surface area contributed by atoms with Crippen LogP contribution >= 0.6 is 0 Å². The summed E-state index contributed by atoms with van der Waals surface area (Å²) in [6.45, 7) is 3.78. The lowest BCUT2D eigenvalue weighted by molar-refractivity contribution is 0.0582. The van der Waals surface area contributed by atoms with Crippen molar-refractivity contribution >= 4 is 6.03 Å². The van der Waals surface area contributed by atoms with Crippen LogP contribution in [0, 0.1) is 0 Å². The molecular weight excluding hydrogens is 182 g/mol. The molecule has 0 aromatic carbocycles. The minimum atomic E-state index is -0.851. The molecule has 1 aromatic heterocycles. The van der Waals surface area contributed by atoms with E-state index < -0.39 is 5.60 Å². The lowest BCUT2D eigenvalue weighted by atomic mass is 10.0. The Bertz CT molecular complexity index is 293. The van der Waals surface area contributed by atoms with E-state index in [9.17, 15) is 9.90 Å². The monoisotopic (exact) mass is 197 g/mol.